The molecule has 0 bridgehead atoms. The van der Waals surface area contributed by atoms with E-state index in [-0.39, 0.29) is 17.5 Å². The molecule has 0 aromatic carbocycles. The summed E-state index contributed by atoms with van der Waals surface area (Å²) in [5.74, 6) is 0.0263. The highest BCUT2D eigenvalue weighted by molar-refractivity contribution is 5.76. The van der Waals surface area contributed by atoms with Crippen molar-refractivity contribution in [2.75, 3.05) is 0 Å². The van der Waals surface area contributed by atoms with Gasteiger partial charge in [-0.3, -0.25) is 14.2 Å². The number of carbonyl (C=O) groups is 1. The lowest BCUT2D eigenvalue weighted by Gasteiger charge is -2.13. The molecule has 6 nitrogen and oxygen atoms in total. The zero-order valence-electron chi connectivity index (χ0n) is 14.0. The normalized spacial score (nSPS) is 12.6. The number of hydrogen-bond acceptors (Lipinski definition) is 3. The van der Waals surface area contributed by atoms with Crippen molar-refractivity contribution in [3.05, 3.63) is 47.0 Å². The van der Waals surface area contributed by atoms with Crippen molar-refractivity contribution < 1.29 is 4.79 Å². The lowest BCUT2D eigenvalue weighted by Crippen LogP contribution is -2.32. The highest BCUT2D eigenvalue weighted by atomic mass is 16.1. The number of hydrogen-bond donors (Lipinski definition) is 1. The van der Waals surface area contributed by atoms with E-state index in [1.165, 1.54) is 0 Å². The molecule has 3 heterocycles. The van der Waals surface area contributed by atoms with Crippen molar-refractivity contribution in [2.45, 2.75) is 45.7 Å². The molecule has 0 aliphatic heterocycles. The number of rotatable bonds is 6. The van der Waals surface area contributed by atoms with E-state index < -0.39 is 0 Å². The van der Waals surface area contributed by atoms with Gasteiger partial charge in [0.2, 0.25) is 5.91 Å². The van der Waals surface area contributed by atoms with Crippen molar-refractivity contribution in [3.8, 4) is 0 Å². The Bertz CT molecular complexity index is 926. The molecule has 0 aliphatic rings. The second kappa shape index (κ2) is 6.86. The molecule has 1 N–H and O–H groups in total. The Morgan fingerprint density at radius 2 is 2.08 bits per heavy atom. The number of aryl methyl sites for hydroxylation is 1. The van der Waals surface area contributed by atoms with Gasteiger partial charge in [0.05, 0.1) is 5.52 Å². The predicted octanol–water partition coefficient (Wildman–Crippen LogP) is 2.34. The van der Waals surface area contributed by atoms with Gasteiger partial charge in [-0.05, 0) is 44.0 Å². The van der Waals surface area contributed by atoms with Crippen LogP contribution in [0.1, 0.15) is 33.1 Å². The molecule has 0 saturated heterocycles. The number of aromatic nitrogens is 3. The molecular formula is C18H22N4O2. The summed E-state index contributed by atoms with van der Waals surface area (Å²) >= 11 is 0. The minimum absolute atomic E-state index is 0.0263. The van der Waals surface area contributed by atoms with E-state index in [1.807, 2.05) is 42.6 Å². The third-order valence-electron chi connectivity index (χ3n) is 4.30. The van der Waals surface area contributed by atoms with Gasteiger partial charge in [-0.1, -0.05) is 6.92 Å². The summed E-state index contributed by atoms with van der Waals surface area (Å²) in [7, 11) is 0. The van der Waals surface area contributed by atoms with E-state index in [0.29, 0.717) is 30.6 Å². The van der Waals surface area contributed by atoms with E-state index in [0.717, 1.165) is 11.9 Å². The molecule has 126 valence electrons. The maximum atomic E-state index is 12.7. The molecule has 1 unspecified atom stereocenters. The molecule has 0 spiro atoms. The summed E-state index contributed by atoms with van der Waals surface area (Å²) in [6.07, 6.45) is 5.46. The van der Waals surface area contributed by atoms with Crippen molar-refractivity contribution >= 4 is 22.6 Å². The summed E-state index contributed by atoms with van der Waals surface area (Å²) in [5.41, 5.74) is 2.09. The smallest absolute Gasteiger partial charge is 0.276 e. The Hall–Kier alpha value is -2.63. The van der Waals surface area contributed by atoms with Crippen LogP contribution in [0.4, 0.5) is 0 Å². The Morgan fingerprint density at radius 3 is 2.88 bits per heavy atom. The van der Waals surface area contributed by atoms with Crippen LogP contribution in [0.5, 0.6) is 0 Å². The molecule has 0 radical (unpaired) electrons. The largest absolute Gasteiger partial charge is 0.354 e. The summed E-state index contributed by atoms with van der Waals surface area (Å²) in [6.45, 7) is 4.50. The molecular weight excluding hydrogens is 304 g/mol. The molecule has 6 heteroatoms. The fraction of sp³-hybridized carbons (Fsp3) is 0.389. The number of pyridine rings is 1. The number of nitrogens with zero attached hydrogens (tertiary/aromatic N) is 3. The summed E-state index contributed by atoms with van der Waals surface area (Å²) in [4.78, 5) is 29.0. The first-order chi connectivity index (χ1) is 11.6. The highest BCUT2D eigenvalue weighted by Gasteiger charge is 2.12. The second-order valence-electron chi connectivity index (χ2n) is 6.05. The first-order valence-corrected chi connectivity index (χ1v) is 8.35. The Kier molecular flexibility index (Phi) is 4.64. The van der Waals surface area contributed by atoms with Crippen LogP contribution in [0.25, 0.3) is 16.7 Å². The highest BCUT2D eigenvalue weighted by Crippen LogP contribution is 2.13. The summed E-state index contributed by atoms with van der Waals surface area (Å²) in [6, 6.07) is 7.64. The number of nitrogens with one attached hydrogen (secondary N) is 1. The van der Waals surface area contributed by atoms with E-state index in [4.69, 9.17) is 0 Å². The maximum absolute atomic E-state index is 12.7. The zero-order valence-corrected chi connectivity index (χ0v) is 14.0. The molecule has 0 saturated carbocycles. The molecule has 1 amide bonds. The third kappa shape index (κ3) is 3.04. The summed E-state index contributed by atoms with van der Waals surface area (Å²) in [5, 5.41) is 2.95. The van der Waals surface area contributed by atoms with Gasteiger partial charge in [0.15, 0.2) is 5.65 Å². The number of amides is 1. The molecule has 0 aliphatic carbocycles. The Labute approximate surface area is 140 Å². The monoisotopic (exact) mass is 326 g/mol. The van der Waals surface area contributed by atoms with Crippen LogP contribution in [-0.2, 0) is 11.3 Å². The SMILES string of the molecule is CCC(C)NC(=O)CCCn1c(=O)c2cccn2c2cccnc21. The Balaban J connectivity index is 1.85. The van der Waals surface area contributed by atoms with Crippen LogP contribution in [0.2, 0.25) is 0 Å². The van der Waals surface area contributed by atoms with Crippen molar-refractivity contribution in [1.82, 2.24) is 19.3 Å². The molecule has 0 fully saturated rings. The summed E-state index contributed by atoms with van der Waals surface area (Å²) < 4.78 is 3.53. The minimum Gasteiger partial charge on any atom is -0.354 e. The fourth-order valence-electron chi connectivity index (χ4n) is 2.84. The van der Waals surface area contributed by atoms with Crippen LogP contribution < -0.4 is 10.9 Å². The number of carbonyl (C=O) groups excluding carboxylic acids is 1. The van der Waals surface area contributed by atoms with Crippen LogP contribution in [0.3, 0.4) is 0 Å². The van der Waals surface area contributed by atoms with Gasteiger partial charge in [-0.15, -0.1) is 0 Å². The van der Waals surface area contributed by atoms with Gasteiger partial charge < -0.3 is 9.72 Å². The van der Waals surface area contributed by atoms with Gasteiger partial charge in [0.25, 0.3) is 5.56 Å². The molecule has 3 aromatic rings. The fourth-order valence-corrected chi connectivity index (χ4v) is 2.84. The molecule has 3 rings (SSSR count). The molecule has 1 atom stereocenters. The second-order valence-corrected chi connectivity index (χ2v) is 6.05. The molecule has 24 heavy (non-hydrogen) atoms. The van der Waals surface area contributed by atoms with E-state index in [1.54, 1.807) is 16.8 Å². The van der Waals surface area contributed by atoms with Crippen LogP contribution >= 0.6 is 0 Å². The van der Waals surface area contributed by atoms with Gasteiger partial charge in [0.1, 0.15) is 5.52 Å². The minimum atomic E-state index is -0.0754. The van der Waals surface area contributed by atoms with Crippen molar-refractivity contribution in [1.29, 1.82) is 0 Å². The first-order valence-electron chi connectivity index (χ1n) is 8.35. The van der Waals surface area contributed by atoms with Crippen LogP contribution in [0.15, 0.2) is 41.5 Å². The van der Waals surface area contributed by atoms with Gasteiger partial charge in [0, 0.05) is 31.4 Å². The predicted molar refractivity (Wildman–Crippen MR) is 94.1 cm³/mol. The van der Waals surface area contributed by atoms with E-state index >= 15 is 0 Å². The average molecular weight is 326 g/mol. The standard InChI is InChI=1S/C18H22N4O2/c1-3-13(2)20-16(23)9-6-12-22-17-14(7-4-10-19-17)21-11-5-8-15(21)18(22)24/h4-5,7-8,10-11,13H,3,6,9,12H2,1-2H3,(H,20,23). The van der Waals surface area contributed by atoms with Crippen molar-refractivity contribution in [2.24, 2.45) is 0 Å². The van der Waals surface area contributed by atoms with Crippen LogP contribution in [-0.4, -0.2) is 25.9 Å². The lowest BCUT2D eigenvalue weighted by molar-refractivity contribution is -0.121. The van der Waals surface area contributed by atoms with Gasteiger partial charge in [-0.25, -0.2) is 4.98 Å². The topological polar surface area (TPSA) is 68.4 Å². The van der Waals surface area contributed by atoms with E-state index in [2.05, 4.69) is 10.3 Å². The number of fused-ring (bicyclic) bond motifs is 3. The zero-order chi connectivity index (χ0) is 17.1. The van der Waals surface area contributed by atoms with Gasteiger partial charge >= 0.3 is 0 Å². The van der Waals surface area contributed by atoms with Gasteiger partial charge in [-0.2, -0.15) is 0 Å². The quantitative estimate of drug-likeness (QED) is 0.756. The maximum Gasteiger partial charge on any atom is 0.276 e. The lowest BCUT2D eigenvalue weighted by atomic mass is 10.2. The Morgan fingerprint density at radius 1 is 1.29 bits per heavy atom. The first kappa shape index (κ1) is 16.2. The van der Waals surface area contributed by atoms with Crippen molar-refractivity contribution in [3.63, 3.8) is 0 Å². The molecule has 3 aromatic heterocycles. The van der Waals surface area contributed by atoms with E-state index in [9.17, 15) is 9.59 Å². The average Bonchev–Trinajstić information content (AvgIpc) is 3.08. The third-order valence-corrected chi connectivity index (χ3v) is 4.30. The van der Waals surface area contributed by atoms with Crippen LogP contribution in [0, 0.1) is 0 Å².